The van der Waals surface area contributed by atoms with Crippen LogP contribution < -0.4 is 20.7 Å². The van der Waals surface area contributed by atoms with E-state index >= 15 is 0 Å². The molecule has 0 saturated carbocycles. The Kier molecular flexibility index (Phi) is 5.14. The molecule has 1 fully saturated rings. The number of morpholine rings is 1. The normalized spacial score (nSPS) is 17.1. The van der Waals surface area contributed by atoms with Gasteiger partial charge in [0.05, 0.1) is 43.0 Å². The number of anilines is 3. The van der Waals surface area contributed by atoms with Crippen molar-refractivity contribution >= 4 is 28.5 Å². The molecule has 1 aromatic carbocycles. The lowest BCUT2D eigenvalue weighted by Gasteiger charge is -2.39. The number of fused-ring (bicyclic) bond motifs is 1. The first-order chi connectivity index (χ1) is 14.0. The van der Waals surface area contributed by atoms with Gasteiger partial charge in [-0.15, -0.1) is 0 Å². The van der Waals surface area contributed by atoms with Gasteiger partial charge < -0.3 is 25.4 Å². The molecule has 154 valence electrons. The van der Waals surface area contributed by atoms with Crippen LogP contribution in [0.5, 0.6) is 5.75 Å². The van der Waals surface area contributed by atoms with E-state index in [1.165, 1.54) is 0 Å². The molecular weight excluding hydrogens is 370 g/mol. The minimum absolute atomic E-state index is 0.264. The second-order valence-electron chi connectivity index (χ2n) is 7.47. The second kappa shape index (κ2) is 7.75. The Bertz CT molecular complexity index is 1020. The van der Waals surface area contributed by atoms with E-state index in [1.807, 2.05) is 25.2 Å². The van der Waals surface area contributed by atoms with Crippen LogP contribution in [0.4, 0.5) is 17.6 Å². The van der Waals surface area contributed by atoms with Crippen molar-refractivity contribution in [2.24, 2.45) is 5.92 Å². The molecule has 9 nitrogen and oxygen atoms in total. The van der Waals surface area contributed by atoms with E-state index in [4.69, 9.17) is 20.2 Å². The molecule has 2 aromatic heterocycles. The zero-order valence-electron chi connectivity index (χ0n) is 17.2. The molecule has 1 aliphatic rings. The maximum absolute atomic E-state index is 5.98. The fourth-order valence-corrected chi connectivity index (χ4v) is 3.75. The van der Waals surface area contributed by atoms with E-state index < -0.39 is 0 Å². The number of aromatic nitrogens is 4. The third kappa shape index (κ3) is 3.53. The standard InChI is InChI=1S/C20H27N7O2/c1-11(2)15-10-29-6-5-27(15)17-9-13(23-20(22-3)24-17)12-7-14-18(16(8-12)28-4)19(21)26-25-14/h7-9,11,15H,5-6,10H2,1-4H3,(H3,21,25,26)(H,22,23,24). The Hall–Kier alpha value is -3.07. The quantitative estimate of drug-likeness (QED) is 0.602. The van der Waals surface area contributed by atoms with Crippen LogP contribution in [0.15, 0.2) is 18.2 Å². The van der Waals surface area contributed by atoms with Gasteiger partial charge in [0.25, 0.3) is 0 Å². The third-order valence-electron chi connectivity index (χ3n) is 5.34. The lowest BCUT2D eigenvalue weighted by Crippen LogP contribution is -2.48. The Morgan fingerprint density at radius 1 is 1.31 bits per heavy atom. The Labute approximate surface area is 169 Å². The molecule has 4 N–H and O–H groups in total. The third-order valence-corrected chi connectivity index (χ3v) is 5.34. The van der Waals surface area contributed by atoms with Crippen LogP contribution >= 0.6 is 0 Å². The predicted octanol–water partition coefficient (Wildman–Crippen LogP) is 2.51. The van der Waals surface area contributed by atoms with E-state index in [9.17, 15) is 0 Å². The van der Waals surface area contributed by atoms with Crippen LogP contribution in [-0.2, 0) is 4.74 Å². The van der Waals surface area contributed by atoms with Crippen molar-refractivity contribution in [1.29, 1.82) is 0 Å². The fraction of sp³-hybridized carbons (Fsp3) is 0.450. The first kappa shape index (κ1) is 19.3. The number of ether oxygens (including phenoxy) is 2. The summed E-state index contributed by atoms with van der Waals surface area (Å²) in [6, 6.07) is 6.19. The molecular formula is C20H27N7O2. The molecule has 0 aliphatic carbocycles. The Morgan fingerprint density at radius 3 is 2.86 bits per heavy atom. The Balaban J connectivity index is 1.82. The first-order valence-corrected chi connectivity index (χ1v) is 9.75. The number of nitrogen functional groups attached to an aromatic ring is 1. The number of aromatic amines is 1. The summed E-state index contributed by atoms with van der Waals surface area (Å²) in [6.45, 7) is 6.58. The SMILES string of the molecule is CNc1nc(-c2cc(OC)c3c(N)n[nH]c3c2)cc(N2CCOCC2C(C)C)n1. The van der Waals surface area contributed by atoms with Gasteiger partial charge in [-0.25, -0.2) is 4.98 Å². The lowest BCUT2D eigenvalue weighted by molar-refractivity contribution is 0.0802. The summed E-state index contributed by atoms with van der Waals surface area (Å²) in [6.07, 6.45) is 0. The molecule has 3 aromatic rings. The zero-order valence-corrected chi connectivity index (χ0v) is 17.2. The van der Waals surface area contributed by atoms with Gasteiger partial charge in [-0.1, -0.05) is 13.8 Å². The summed E-state index contributed by atoms with van der Waals surface area (Å²) in [5, 5.41) is 10.9. The highest BCUT2D eigenvalue weighted by atomic mass is 16.5. The average Bonchev–Trinajstić information content (AvgIpc) is 3.13. The van der Waals surface area contributed by atoms with Crippen LogP contribution in [0, 0.1) is 5.92 Å². The molecule has 1 saturated heterocycles. The monoisotopic (exact) mass is 397 g/mol. The lowest BCUT2D eigenvalue weighted by atomic mass is 10.0. The highest BCUT2D eigenvalue weighted by Crippen LogP contribution is 2.35. The topological polar surface area (TPSA) is 114 Å². The molecule has 0 radical (unpaired) electrons. The van der Waals surface area contributed by atoms with Crippen molar-refractivity contribution in [2.75, 3.05) is 49.9 Å². The van der Waals surface area contributed by atoms with E-state index in [0.717, 1.165) is 34.5 Å². The molecule has 9 heteroatoms. The molecule has 0 bridgehead atoms. The number of benzene rings is 1. The van der Waals surface area contributed by atoms with Gasteiger partial charge in [0.15, 0.2) is 5.82 Å². The van der Waals surface area contributed by atoms with Gasteiger partial charge >= 0.3 is 0 Å². The van der Waals surface area contributed by atoms with Crippen molar-refractivity contribution in [1.82, 2.24) is 20.2 Å². The fourth-order valence-electron chi connectivity index (χ4n) is 3.75. The van der Waals surface area contributed by atoms with Crippen molar-refractivity contribution in [3.63, 3.8) is 0 Å². The molecule has 1 aliphatic heterocycles. The van der Waals surface area contributed by atoms with Crippen LogP contribution in [0.2, 0.25) is 0 Å². The first-order valence-electron chi connectivity index (χ1n) is 9.75. The number of hydrogen-bond acceptors (Lipinski definition) is 8. The van der Waals surface area contributed by atoms with Crippen LogP contribution in [0.1, 0.15) is 13.8 Å². The van der Waals surface area contributed by atoms with Crippen LogP contribution in [-0.4, -0.2) is 60.1 Å². The number of methoxy groups -OCH3 is 1. The molecule has 4 rings (SSSR count). The maximum atomic E-state index is 5.98. The molecule has 0 spiro atoms. The number of H-pyrrole nitrogens is 1. The van der Waals surface area contributed by atoms with Crippen molar-refractivity contribution in [2.45, 2.75) is 19.9 Å². The second-order valence-corrected chi connectivity index (χ2v) is 7.47. The summed E-state index contributed by atoms with van der Waals surface area (Å²) in [7, 11) is 3.44. The summed E-state index contributed by atoms with van der Waals surface area (Å²) in [5.74, 6) is 2.95. The largest absolute Gasteiger partial charge is 0.496 e. The van der Waals surface area contributed by atoms with Crippen molar-refractivity contribution in [3.05, 3.63) is 18.2 Å². The zero-order chi connectivity index (χ0) is 20.5. The van der Waals surface area contributed by atoms with E-state index in [-0.39, 0.29) is 6.04 Å². The summed E-state index contributed by atoms with van der Waals surface area (Å²) in [5.41, 5.74) is 8.47. The van der Waals surface area contributed by atoms with E-state index in [0.29, 0.717) is 36.6 Å². The van der Waals surface area contributed by atoms with Gasteiger partial charge in [0.1, 0.15) is 11.6 Å². The average molecular weight is 397 g/mol. The van der Waals surface area contributed by atoms with Crippen molar-refractivity contribution < 1.29 is 9.47 Å². The summed E-state index contributed by atoms with van der Waals surface area (Å²) in [4.78, 5) is 11.7. The maximum Gasteiger partial charge on any atom is 0.224 e. The van der Waals surface area contributed by atoms with E-state index in [1.54, 1.807) is 7.11 Å². The highest BCUT2D eigenvalue weighted by Gasteiger charge is 2.28. The highest BCUT2D eigenvalue weighted by molar-refractivity contribution is 5.97. The molecule has 29 heavy (non-hydrogen) atoms. The van der Waals surface area contributed by atoms with Gasteiger partial charge in [-0.3, -0.25) is 5.10 Å². The molecule has 1 unspecified atom stereocenters. The minimum Gasteiger partial charge on any atom is -0.496 e. The van der Waals surface area contributed by atoms with Crippen LogP contribution in [0.3, 0.4) is 0 Å². The number of nitrogens with zero attached hydrogens (tertiary/aromatic N) is 4. The summed E-state index contributed by atoms with van der Waals surface area (Å²) < 4.78 is 11.3. The van der Waals surface area contributed by atoms with Gasteiger partial charge in [0, 0.05) is 25.2 Å². The number of rotatable bonds is 5. The molecule has 0 amide bonds. The smallest absolute Gasteiger partial charge is 0.224 e. The number of nitrogens with one attached hydrogen (secondary N) is 2. The summed E-state index contributed by atoms with van der Waals surface area (Å²) >= 11 is 0. The predicted molar refractivity (Wildman–Crippen MR) is 114 cm³/mol. The van der Waals surface area contributed by atoms with Gasteiger partial charge in [-0.05, 0) is 18.1 Å². The minimum atomic E-state index is 0.264. The molecule has 3 heterocycles. The molecule has 1 atom stereocenters. The van der Waals surface area contributed by atoms with E-state index in [2.05, 4.69) is 39.2 Å². The number of nitrogens with two attached hydrogens (primary N) is 1. The Morgan fingerprint density at radius 2 is 2.14 bits per heavy atom. The van der Waals surface area contributed by atoms with Crippen molar-refractivity contribution in [3.8, 4) is 17.0 Å². The van der Waals surface area contributed by atoms with Gasteiger partial charge in [0.2, 0.25) is 5.95 Å². The number of hydrogen-bond donors (Lipinski definition) is 3. The van der Waals surface area contributed by atoms with Crippen LogP contribution in [0.25, 0.3) is 22.2 Å². The van der Waals surface area contributed by atoms with Gasteiger partial charge in [-0.2, -0.15) is 10.1 Å².